The van der Waals surface area contributed by atoms with Crippen molar-refractivity contribution in [2.75, 3.05) is 7.11 Å². The van der Waals surface area contributed by atoms with Gasteiger partial charge < -0.3 is 10.5 Å². The minimum absolute atomic E-state index is 0.489. The molecule has 2 N–H and O–H groups in total. The lowest BCUT2D eigenvalue weighted by molar-refractivity contribution is -0.138. The van der Waals surface area contributed by atoms with Crippen molar-refractivity contribution < 1.29 is 9.53 Å². The first-order valence-corrected chi connectivity index (χ1v) is 5.43. The van der Waals surface area contributed by atoms with Crippen LogP contribution in [0.2, 0.25) is 0 Å². The Balaban J connectivity index is 2.74. The Labute approximate surface area is 100 Å². The maximum absolute atomic E-state index is 11.6. The molecule has 0 radical (unpaired) electrons. The molecule has 0 bridgehead atoms. The molecule has 88 valence electrons. The summed E-state index contributed by atoms with van der Waals surface area (Å²) in [5.41, 5.74) is 5.14. The van der Waals surface area contributed by atoms with Crippen molar-refractivity contribution in [3.8, 4) is 0 Å². The Morgan fingerprint density at radius 1 is 1.18 bits per heavy atom. The number of ether oxygens (including phenoxy) is 1. The molecule has 0 fully saturated rings. The molecule has 3 nitrogen and oxygen atoms in total. The summed E-state index contributed by atoms with van der Waals surface area (Å²) in [4.78, 5) is 11.6. The van der Waals surface area contributed by atoms with Gasteiger partial charge in [-0.25, -0.2) is 0 Å². The Hall–Kier alpha value is -1.87. The van der Waals surface area contributed by atoms with Crippen molar-refractivity contribution in [1.29, 1.82) is 0 Å². The van der Waals surface area contributed by atoms with Gasteiger partial charge in [-0.15, -0.1) is 0 Å². The molecule has 0 aliphatic rings. The van der Waals surface area contributed by atoms with E-state index in [1.807, 2.05) is 42.5 Å². The molecule has 2 aromatic rings. The van der Waals surface area contributed by atoms with Crippen LogP contribution in [0.5, 0.6) is 0 Å². The van der Waals surface area contributed by atoms with Crippen LogP contribution in [0, 0.1) is 0 Å². The monoisotopic (exact) mass is 229 g/mol. The van der Waals surface area contributed by atoms with Gasteiger partial charge in [0.15, 0.2) is 5.60 Å². The lowest BCUT2D eigenvalue weighted by Crippen LogP contribution is -2.40. The molecular formula is C14H15NO2. The van der Waals surface area contributed by atoms with Crippen molar-refractivity contribution in [3.63, 3.8) is 0 Å². The number of fused-ring (bicyclic) bond motifs is 1. The number of carbonyl (C=O) groups excluding carboxylic acids is 1. The van der Waals surface area contributed by atoms with Gasteiger partial charge >= 0.3 is 0 Å². The molecule has 2 rings (SSSR count). The molecule has 17 heavy (non-hydrogen) atoms. The van der Waals surface area contributed by atoms with Crippen molar-refractivity contribution in [1.82, 2.24) is 0 Å². The number of primary amides is 1. The van der Waals surface area contributed by atoms with Crippen LogP contribution in [0.25, 0.3) is 10.8 Å². The number of hydrogen-bond donors (Lipinski definition) is 1. The van der Waals surface area contributed by atoms with Gasteiger partial charge in [-0.2, -0.15) is 0 Å². The SMILES string of the molecule is COC(C)(C(N)=O)c1cccc2ccccc12. The van der Waals surface area contributed by atoms with Gasteiger partial charge in [0.2, 0.25) is 0 Å². The van der Waals surface area contributed by atoms with Gasteiger partial charge in [0, 0.05) is 12.7 Å². The fourth-order valence-electron chi connectivity index (χ4n) is 1.98. The first-order chi connectivity index (χ1) is 8.09. The van der Waals surface area contributed by atoms with Gasteiger partial charge in [-0.3, -0.25) is 4.79 Å². The van der Waals surface area contributed by atoms with E-state index in [4.69, 9.17) is 10.5 Å². The van der Waals surface area contributed by atoms with Crippen LogP contribution in [-0.2, 0) is 15.1 Å². The van der Waals surface area contributed by atoms with Crippen LogP contribution in [0.1, 0.15) is 12.5 Å². The third-order valence-corrected chi connectivity index (χ3v) is 3.18. The molecule has 1 unspecified atom stereocenters. The zero-order valence-corrected chi connectivity index (χ0v) is 9.94. The second-order valence-corrected chi connectivity index (χ2v) is 4.13. The number of nitrogens with two attached hydrogens (primary N) is 1. The van der Waals surface area contributed by atoms with E-state index >= 15 is 0 Å². The number of methoxy groups -OCH3 is 1. The van der Waals surface area contributed by atoms with E-state index < -0.39 is 11.5 Å². The predicted octanol–water partition coefficient (Wildman–Crippen LogP) is 2.19. The van der Waals surface area contributed by atoms with E-state index in [1.54, 1.807) is 6.92 Å². The van der Waals surface area contributed by atoms with Gasteiger partial charge in [-0.05, 0) is 17.7 Å². The number of rotatable bonds is 3. The van der Waals surface area contributed by atoms with Crippen LogP contribution in [0.3, 0.4) is 0 Å². The lowest BCUT2D eigenvalue weighted by atomic mass is 9.90. The average molecular weight is 229 g/mol. The van der Waals surface area contributed by atoms with Crippen LogP contribution >= 0.6 is 0 Å². The summed E-state index contributed by atoms with van der Waals surface area (Å²) in [7, 11) is 1.49. The molecule has 0 saturated carbocycles. The summed E-state index contributed by atoms with van der Waals surface area (Å²) in [6.45, 7) is 1.69. The highest BCUT2D eigenvalue weighted by atomic mass is 16.5. The molecule has 0 aromatic heterocycles. The summed E-state index contributed by atoms with van der Waals surface area (Å²) < 4.78 is 5.32. The largest absolute Gasteiger partial charge is 0.367 e. The number of benzene rings is 2. The molecule has 3 heteroatoms. The van der Waals surface area contributed by atoms with Gasteiger partial charge in [0.05, 0.1) is 0 Å². The maximum Gasteiger partial charge on any atom is 0.254 e. The van der Waals surface area contributed by atoms with E-state index in [9.17, 15) is 4.79 Å². The molecule has 2 aromatic carbocycles. The Kier molecular flexibility index (Phi) is 2.86. The van der Waals surface area contributed by atoms with E-state index in [-0.39, 0.29) is 0 Å². The highest BCUT2D eigenvalue weighted by Gasteiger charge is 2.34. The predicted molar refractivity (Wildman–Crippen MR) is 67.5 cm³/mol. The second kappa shape index (κ2) is 4.18. The van der Waals surface area contributed by atoms with Crippen LogP contribution in [-0.4, -0.2) is 13.0 Å². The first-order valence-electron chi connectivity index (χ1n) is 5.43. The van der Waals surface area contributed by atoms with Gasteiger partial charge in [0.25, 0.3) is 5.91 Å². The first kappa shape index (κ1) is 11.6. The van der Waals surface area contributed by atoms with Crippen LogP contribution in [0.4, 0.5) is 0 Å². The molecule has 0 aliphatic heterocycles. The molecule has 1 atom stereocenters. The normalized spacial score (nSPS) is 14.5. The quantitative estimate of drug-likeness (QED) is 0.877. The van der Waals surface area contributed by atoms with E-state index in [0.717, 1.165) is 16.3 Å². The van der Waals surface area contributed by atoms with E-state index in [1.165, 1.54) is 7.11 Å². The average Bonchev–Trinajstić information content (AvgIpc) is 2.37. The number of hydrogen-bond acceptors (Lipinski definition) is 2. The number of amides is 1. The maximum atomic E-state index is 11.6. The highest BCUT2D eigenvalue weighted by Crippen LogP contribution is 2.30. The van der Waals surface area contributed by atoms with E-state index in [0.29, 0.717) is 0 Å². The topological polar surface area (TPSA) is 52.3 Å². The standard InChI is InChI=1S/C14H15NO2/c1-14(17-2,13(15)16)12-9-5-7-10-6-3-4-8-11(10)12/h3-9H,1-2H3,(H2,15,16). The fraction of sp³-hybridized carbons (Fsp3) is 0.214. The summed E-state index contributed by atoms with van der Waals surface area (Å²) in [5, 5.41) is 2.05. The van der Waals surface area contributed by atoms with Crippen LogP contribution in [0.15, 0.2) is 42.5 Å². The molecule has 0 saturated heterocycles. The summed E-state index contributed by atoms with van der Waals surface area (Å²) in [6.07, 6.45) is 0. The van der Waals surface area contributed by atoms with Gasteiger partial charge in [-0.1, -0.05) is 42.5 Å². The highest BCUT2D eigenvalue weighted by molar-refractivity contribution is 5.93. The third-order valence-electron chi connectivity index (χ3n) is 3.18. The smallest absolute Gasteiger partial charge is 0.254 e. The van der Waals surface area contributed by atoms with Crippen molar-refractivity contribution in [3.05, 3.63) is 48.0 Å². The second-order valence-electron chi connectivity index (χ2n) is 4.13. The lowest BCUT2D eigenvalue weighted by Gasteiger charge is -2.26. The van der Waals surface area contributed by atoms with Crippen LogP contribution < -0.4 is 5.73 Å². The van der Waals surface area contributed by atoms with Crippen molar-refractivity contribution >= 4 is 16.7 Å². The Morgan fingerprint density at radius 2 is 1.82 bits per heavy atom. The Bertz CT molecular complexity index is 560. The molecule has 0 aliphatic carbocycles. The Morgan fingerprint density at radius 3 is 2.47 bits per heavy atom. The molecule has 0 spiro atoms. The summed E-state index contributed by atoms with van der Waals surface area (Å²) in [5.74, 6) is -0.489. The summed E-state index contributed by atoms with van der Waals surface area (Å²) >= 11 is 0. The zero-order chi connectivity index (χ0) is 12.5. The van der Waals surface area contributed by atoms with Crippen molar-refractivity contribution in [2.24, 2.45) is 5.73 Å². The minimum atomic E-state index is -1.10. The zero-order valence-electron chi connectivity index (χ0n) is 9.94. The number of carbonyl (C=O) groups is 1. The third kappa shape index (κ3) is 1.78. The minimum Gasteiger partial charge on any atom is -0.367 e. The fourth-order valence-corrected chi connectivity index (χ4v) is 1.98. The van der Waals surface area contributed by atoms with Gasteiger partial charge in [0.1, 0.15) is 0 Å². The van der Waals surface area contributed by atoms with E-state index in [2.05, 4.69) is 0 Å². The molecular weight excluding hydrogens is 214 g/mol. The molecule has 0 heterocycles. The molecule has 1 amide bonds. The summed E-state index contributed by atoms with van der Waals surface area (Å²) in [6, 6.07) is 13.6. The van der Waals surface area contributed by atoms with Crippen molar-refractivity contribution in [2.45, 2.75) is 12.5 Å².